The average molecular weight is 420 g/mol. The highest BCUT2D eigenvalue weighted by Gasteiger charge is 2.29. The highest BCUT2D eigenvalue weighted by atomic mass is 32.2. The van der Waals surface area contributed by atoms with Gasteiger partial charge in [0.1, 0.15) is 5.82 Å². The molecule has 1 aliphatic heterocycles. The summed E-state index contributed by atoms with van der Waals surface area (Å²) in [7, 11) is -3.78. The minimum atomic E-state index is -3.78. The molecule has 3 rings (SSSR count). The Balaban J connectivity index is 1.47. The number of carbonyl (C=O) groups excluding carboxylic acids is 2. The van der Waals surface area contributed by atoms with Crippen LogP contribution in [0.15, 0.2) is 59.5 Å². The Morgan fingerprint density at radius 3 is 2.28 bits per heavy atom. The molecule has 10 heteroatoms. The summed E-state index contributed by atoms with van der Waals surface area (Å²) in [4.78, 5) is 25.6. The molecular weight excluding hydrogens is 399 g/mol. The fourth-order valence-corrected chi connectivity index (χ4v) is 4.39. The number of rotatable bonds is 5. The maximum Gasteiger partial charge on any atom is 0.269 e. The average Bonchev–Trinajstić information content (AvgIpc) is 2.73. The Morgan fingerprint density at radius 2 is 1.62 bits per heavy atom. The molecule has 1 saturated heterocycles. The molecular formula is C19H21FN4O4S. The number of hydrogen-bond donors (Lipinski definition) is 2. The van der Waals surface area contributed by atoms with Gasteiger partial charge < -0.3 is 0 Å². The van der Waals surface area contributed by atoms with Gasteiger partial charge in [-0.25, -0.2) is 12.8 Å². The molecule has 0 unspecified atom stereocenters. The Morgan fingerprint density at radius 1 is 0.931 bits per heavy atom. The predicted molar refractivity (Wildman–Crippen MR) is 104 cm³/mol. The lowest BCUT2D eigenvalue weighted by atomic mass is 10.2. The van der Waals surface area contributed by atoms with Gasteiger partial charge in [0, 0.05) is 31.7 Å². The smallest absolute Gasteiger partial charge is 0.269 e. The molecule has 1 heterocycles. The van der Waals surface area contributed by atoms with Crippen LogP contribution in [-0.4, -0.2) is 62.2 Å². The van der Waals surface area contributed by atoms with E-state index in [1.807, 2.05) is 0 Å². The molecule has 2 aromatic rings. The van der Waals surface area contributed by atoms with E-state index >= 15 is 0 Å². The molecule has 0 spiro atoms. The van der Waals surface area contributed by atoms with Crippen molar-refractivity contribution in [2.45, 2.75) is 4.90 Å². The first-order chi connectivity index (χ1) is 13.9. The molecule has 0 aromatic heterocycles. The van der Waals surface area contributed by atoms with Gasteiger partial charge in [0.15, 0.2) is 0 Å². The van der Waals surface area contributed by atoms with Crippen LogP contribution in [-0.2, 0) is 14.8 Å². The first-order valence-electron chi connectivity index (χ1n) is 8.98. The summed E-state index contributed by atoms with van der Waals surface area (Å²) in [6.45, 7) is 1.07. The van der Waals surface area contributed by atoms with Crippen molar-refractivity contribution in [2.75, 3.05) is 32.7 Å². The first-order valence-corrected chi connectivity index (χ1v) is 10.4. The third-order valence-corrected chi connectivity index (χ3v) is 6.38. The van der Waals surface area contributed by atoms with E-state index in [-0.39, 0.29) is 24.5 Å². The molecule has 0 aliphatic carbocycles. The van der Waals surface area contributed by atoms with Gasteiger partial charge in [-0.05, 0) is 30.3 Å². The molecule has 2 N–H and O–H groups in total. The van der Waals surface area contributed by atoms with Crippen molar-refractivity contribution < 1.29 is 22.4 Å². The molecule has 0 atom stereocenters. The normalized spacial score (nSPS) is 15.6. The second-order valence-electron chi connectivity index (χ2n) is 6.51. The SMILES string of the molecule is O=C(CN1CCN(S(=O)(=O)c2cccc(F)c2)CC1)NNC(=O)c1ccccc1. The molecule has 1 aliphatic rings. The van der Waals surface area contributed by atoms with Gasteiger partial charge in [0.25, 0.3) is 11.8 Å². The molecule has 1 fully saturated rings. The lowest BCUT2D eigenvalue weighted by Crippen LogP contribution is -2.52. The van der Waals surface area contributed by atoms with Gasteiger partial charge >= 0.3 is 0 Å². The molecule has 154 valence electrons. The van der Waals surface area contributed by atoms with Gasteiger partial charge in [-0.1, -0.05) is 24.3 Å². The molecule has 0 saturated carbocycles. The molecule has 29 heavy (non-hydrogen) atoms. The number of carbonyl (C=O) groups is 2. The predicted octanol–water partition coefficient (Wildman–Crippen LogP) is 0.593. The lowest BCUT2D eigenvalue weighted by molar-refractivity contribution is -0.123. The zero-order valence-corrected chi connectivity index (χ0v) is 16.4. The zero-order valence-electron chi connectivity index (χ0n) is 15.5. The Bertz CT molecular complexity index is 977. The monoisotopic (exact) mass is 420 g/mol. The molecule has 2 amide bonds. The number of piperazine rings is 1. The molecule has 8 nitrogen and oxygen atoms in total. The maximum atomic E-state index is 13.3. The minimum Gasteiger partial charge on any atom is -0.292 e. The van der Waals surface area contributed by atoms with E-state index in [0.717, 1.165) is 6.07 Å². The van der Waals surface area contributed by atoms with E-state index in [0.29, 0.717) is 18.7 Å². The van der Waals surface area contributed by atoms with E-state index in [1.165, 1.54) is 22.5 Å². The summed E-state index contributed by atoms with van der Waals surface area (Å²) in [5.41, 5.74) is 5.11. The largest absolute Gasteiger partial charge is 0.292 e. The van der Waals surface area contributed by atoms with Crippen LogP contribution in [0.3, 0.4) is 0 Å². The van der Waals surface area contributed by atoms with Crippen LogP contribution in [0.1, 0.15) is 10.4 Å². The summed E-state index contributed by atoms with van der Waals surface area (Å²) in [5, 5.41) is 0. The van der Waals surface area contributed by atoms with Crippen molar-refractivity contribution in [3.63, 3.8) is 0 Å². The number of amides is 2. The standard InChI is InChI=1S/C19H21FN4O4S/c20-16-7-4-8-17(13-16)29(27,28)24-11-9-23(10-12-24)14-18(25)21-22-19(26)15-5-2-1-3-6-15/h1-8,13H,9-12,14H2,(H,21,25)(H,22,26). The topological polar surface area (TPSA) is 98.8 Å². The highest BCUT2D eigenvalue weighted by molar-refractivity contribution is 7.89. The highest BCUT2D eigenvalue weighted by Crippen LogP contribution is 2.18. The summed E-state index contributed by atoms with van der Waals surface area (Å²) in [6, 6.07) is 13.3. The number of sulfonamides is 1. The van der Waals surface area contributed by atoms with Crippen molar-refractivity contribution >= 4 is 21.8 Å². The number of benzene rings is 2. The van der Waals surface area contributed by atoms with Crippen LogP contribution in [0, 0.1) is 5.82 Å². The number of nitrogens with zero attached hydrogens (tertiary/aromatic N) is 2. The van der Waals surface area contributed by atoms with Gasteiger partial charge in [0.05, 0.1) is 11.4 Å². The fraction of sp³-hybridized carbons (Fsp3) is 0.263. The summed E-state index contributed by atoms with van der Waals surface area (Å²) in [6.07, 6.45) is 0. The Hall–Kier alpha value is -2.82. The van der Waals surface area contributed by atoms with Gasteiger partial charge in [-0.3, -0.25) is 25.3 Å². The minimum absolute atomic E-state index is 0.0168. The van der Waals surface area contributed by atoms with Crippen molar-refractivity contribution in [2.24, 2.45) is 0 Å². The van der Waals surface area contributed by atoms with E-state index < -0.39 is 27.7 Å². The lowest BCUT2D eigenvalue weighted by Gasteiger charge is -2.33. The molecule has 0 bridgehead atoms. The first kappa shape index (κ1) is 20.9. The third kappa shape index (κ3) is 5.37. The van der Waals surface area contributed by atoms with E-state index in [2.05, 4.69) is 10.9 Å². The van der Waals surface area contributed by atoms with Crippen LogP contribution in [0.25, 0.3) is 0 Å². The Labute approximate surface area is 168 Å². The van der Waals surface area contributed by atoms with Crippen LogP contribution in [0.2, 0.25) is 0 Å². The van der Waals surface area contributed by atoms with Crippen molar-refractivity contribution in [3.8, 4) is 0 Å². The van der Waals surface area contributed by atoms with Crippen molar-refractivity contribution in [3.05, 3.63) is 66.0 Å². The second kappa shape index (κ2) is 9.12. The fourth-order valence-electron chi connectivity index (χ4n) is 2.94. The van der Waals surface area contributed by atoms with Gasteiger partial charge in [-0.15, -0.1) is 0 Å². The van der Waals surface area contributed by atoms with Gasteiger partial charge in [0.2, 0.25) is 10.0 Å². The number of hydrazine groups is 1. The van der Waals surface area contributed by atoms with Crippen LogP contribution >= 0.6 is 0 Å². The number of hydrogen-bond acceptors (Lipinski definition) is 5. The van der Waals surface area contributed by atoms with Crippen LogP contribution in [0.4, 0.5) is 4.39 Å². The van der Waals surface area contributed by atoms with Crippen molar-refractivity contribution in [1.82, 2.24) is 20.1 Å². The molecule has 2 aromatic carbocycles. The summed E-state index contributed by atoms with van der Waals surface area (Å²) < 4.78 is 39.8. The summed E-state index contributed by atoms with van der Waals surface area (Å²) >= 11 is 0. The van der Waals surface area contributed by atoms with Crippen molar-refractivity contribution in [1.29, 1.82) is 0 Å². The maximum absolute atomic E-state index is 13.3. The van der Waals surface area contributed by atoms with E-state index in [4.69, 9.17) is 0 Å². The quantitative estimate of drug-likeness (QED) is 0.690. The van der Waals surface area contributed by atoms with E-state index in [9.17, 15) is 22.4 Å². The van der Waals surface area contributed by atoms with E-state index in [1.54, 1.807) is 35.2 Å². The van der Waals surface area contributed by atoms with Gasteiger partial charge in [-0.2, -0.15) is 4.31 Å². The summed E-state index contributed by atoms with van der Waals surface area (Å²) in [5.74, 6) is -1.44. The Kier molecular flexibility index (Phi) is 6.57. The number of halogens is 1. The second-order valence-corrected chi connectivity index (χ2v) is 8.44. The third-order valence-electron chi connectivity index (χ3n) is 4.48. The van der Waals surface area contributed by atoms with Crippen LogP contribution < -0.4 is 10.9 Å². The zero-order chi connectivity index (χ0) is 20.9. The number of nitrogens with one attached hydrogen (secondary N) is 2. The molecule has 0 radical (unpaired) electrons. The van der Waals surface area contributed by atoms with Crippen LogP contribution in [0.5, 0.6) is 0 Å².